The quantitative estimate of drug-likeness (QED) is 0.258. The van der Waals surface area contributed by atoms with Gasteiger partial charge in [0.05, 0.1) is 18.7 Å². The summed E-state index contributed by atoms with van der Waals surface area (Å²) in [4.78, 5) is 8.69. The minimum Gasteiger partial charge on any atom is -0.859 e. The number of aliphatic imine (C=N–C) groups is 1. The molecule has 0 bridgehead atoms. The van der Waals surface area contributed by atoms with Gasteiger partial charge in [0.2, 0.25) is 5.13 Å². The second-order valence-corrected chi connectivity index (χ2v) is 8.04. The van der Waals surface area contributed by atoms with E-state index in [2.05, 4.69) is 14.5 Å². The van der Waals surface area contributed by atoms with Crippen LogP contribution in [0, 0.1) is 5.82 Å². The molecule has 0 radical (unpaired) electrons. The van der Waals surface area contributed by atoms with Gasteiger partial charge in [-0.2, -0.15) is 0 Å². The molecule has 0 aliphatic carbocycles. The van der Waals surface area contributed by atoms with Crippen molar-refractivity contribution in [2.45, 2.75) is 25.9 Å². The van der Waals surface area contributed by atoms with Gasteiger partial charge in [0.15, 0.2) is 5.69 Å². The normalized spacial score (nSPS) is 13.1. The summed E-state index contributed by atoms with van der Waals surface area (Å²) in [7, 11) is 0. The Labute approximate surface area is 189 Å². The Kier molecular flexibility index (Phi) is 6.15. The largest absolute Gasteiger partial charge is 0.859 e. The number of halogens is 2. The molecule has 2 aromatic carbocycles. The molecule has 0 spiro atoms. The third-order valence-corrected chi connectivity index (χ3v) is 5.96. The summed E-state index contributed by atoms with van der Waals surface area (Å²) in [6, 6.07) is 16.3. The molecule has 31 heavy (non-hydrogen) atoms. The first-order valence-electron chi connectivity index (χ1n) is 9.81. The van der Waals surface area contributed by atoms with Crippen molar-refractivity contribution in [3.05, 3.63) is 77.8 Å². The lowest BCUT2D eigenvalue weighted by molar-refractivity contribution is -0.693. The van der Waals surface area contributed by atoms with Crippen LogP contribution in [0.5, 0.6) is 0 Å². The van der Waals surface area contributed by atoms with Crippen molar-refractivity contribution in [2.75, 3.05) is 0 Å². The molecule has 3 heterocycles. The van der Waals surface area contributed by atoms with E-state index >= 15 is 0 Å². The third-order valence-electron chi connectivity index (χ3n) is 5.22. The van der Waals surface area contributed by atoms with Gasteiger partial charge in [-0.3, -0.25) is 0 Å². The molecule has 0 amide bonds. The molecule has 5 rings (SSSR count). The van der Waals surface area contributed by atoms with Crippen LogP contribution in [-0.2, 0) is 19.5 Å². The second-order valence-electron chi connectivity index (χ2n) is 7.21. The summed E-state index contributed by atoms with van der Waals surface area (Å²) in [5.74, 6) is 0.606. The zero-order valence-corrected chi connectivity index (χ0v) is 18.2. The van der Waals surface area contributed by atoms with Crippen LogP contribution in [0.4, 0.5) is 9.52 Å². The number of hydrogen-bond donors (Lipinski definition) is 0. The predicted molar refractivity (Wildman–Crippen MR) is 120 cm³/mol. The maximum Gasteiger partial charge on any atom is 0.257 e. The molecule has 1 aliphatic heterocycles. The number of nitrogens with zero attached hydrogens (tertiary/aromatic N) is 4. The Hall–Kier alpha value is -3.03. The average molecular weight is 455 g/mol. The van der Waals surface area contributed by atoms with E-state index in [9.17, 15) is 9.50 Å². The Morgan fingerprint density at radius 3 is 2.68 bits per heavy atom. The van der Waals surface area contributed by atoms with Gasteiger partial charge in [0, 0.05) is 22.4 Å². The van der Waals surface area contributed by atoms with Gasteiger partial charge in [-0.15, -0.1) is 23.7 Å². The van der Waals surface area contributed by atoms with Crippen molar-refractivity contribution in [1.29, 1.82) is 0 Å². The van der Waals surface area contributed by atoms with Gasteiger partial charge in [0.1, 0.15) is 18.6 Å². The topological polar surface area (TPSA) is 57.1 Å². The fourth-order valence-corrected chi connectivity index (χ4v) is 4.55. The van der Waals surface area contributed by atoms with Crippen molar-refractivity contribution in [3.8, 4) is 22.5 Å². The summed E-state index contributed by atoms with van der Waals surface area (Å²) >= 11 is 1.36. The molecule has 8 heteroatoms. The van der Waals surface area contributed by atoms with Crippen LogP contribution in [0.25, 0.3) is 22.5 Å². The van der Waals surface area contributed by atoms with E-state index in [0.717, 1.165) is 47.7 Å². The highest BCUT2D eigenvalue weighted by atomic mass is 35.5. The van der Waals surface area contributed by atoms with Crippen LogP contribution in [0.2, 0.25) is 0 Å². The van der Waals surface area contributed by atoms with E-state index in [1.807, 2.05) is 46.5 Å². The standard InChI is InChI=1S/C23H19FN4OS.ClH/c24-18-10-8-17(9-11-18)20-13-27(22-7-4-12-28(20)22)14-21(29)26-23-25-19(15-30-23)16-5-2-1-3-6-16;/h1-3,5-6,8-11,13,15H,4,7,12,14H2;1H. The number of rotatable bonds is 5. The SMILES string of the molecule is Cl.[O-]C(C[n+]1cc(-c2ccc(F)cc2)n2c1CCC2)=Nc1nc(-c2ccccc2)cs1. The van der Waals surface area contributed by atoms with Crippen LogP contribution in [0.1, 0.15) is 12.2 Å². The van der Waals surface area contributed by atoms with Crippen molar-refractivity contribution >= 4 is 34.8 Å². The summed E-state index contributed by atoms with van der Waals surface area (Å²) in [5, 5.41) is 15.0. The molecule has 158 valence electrons. The highest BCUT2D eigenvalue weighted by molar-refractivity contribution is 7.13. The zero-order chi connectivity index (χ0) is 20.5. The predicted octanol–water partition coefficient (Wildman–Crippen LogP) is 4.16. The second kappa shape index (κ2) is 8.99. The van der Waals surface area contributed by atoms with Crippen molar-refractivity contribution < 1.29 is 14.1 Å². The number of fused-ring (bicyclic) bond motifs is 1. The minimum atomic E-state index is -0.257. The maximum atomic E-state index is 13.3. The van der Waals surface area contributed by atoms with E-state index in [1.54, 1.807) is 12.1 Å². The average Bonchev–Trinajstić information content (AvgIpc) is 3.48. The van der Waals surface area contributed by atoms with Crippen molar-refractivity contribution in [2.24, 2.45) is 4.99 Å². The lowest BCUT2D eigenvalue weighted by atomic mass is 10.1. The Morgan fingerprint density at radius 1 is 1.13 bits per heavy atom. The van der Waals surface area contributed by atoms with Gasteiger partial charge in [-0.05, 0) is 30.7 Å². The van der Waals surface area contributed by atoms with E-state index in [-0.39, 0.29) is 30.7 Å². The number of imidazole rings is 1. The molecule has 0 saturated carbocycles. The Bertz CT molecular complexity index is 1220. The number of hydrogen-bond acceptors (Lipinski definition) is 4. The van der Waals surface area contributed by atoms with Gasteiger partial charge in [-0.1, -0.05) is 30.3 Å². The molecule has 0 N–H and O–H groups in total. The Morgan fingerprint density at radius 2 is 1.90 bits per heavy atom. The van der Waals surface area contributed by atoms with Crippen LogP contribution in [0.3, 0.4) is 0 Å². The Balaban J connectivity index is 0.00000231. The minimum absolute atomic E-state index is 0. The summed E-state index contributed by atoms with van der Waals surface area (Å²) in [6.07, 6.45) is 3.90. The van der Waals surface area contributed by atoms with Crippen LogP contribution < -0.4 is 9.67 Å². The summed E-state index contributed by atoms with van der Waals surface area (Å²) < 4.78 is 17.5. The summed E-state index contributed by atoms with van der Waals surface area (Å²) in [5.41, 5.74) is 3.76. The van der Waals surface area contributed by atoms with Crippen molar-refractivity contribution in [3.63, 3.8) is 0 Å². The van der Waals surface area contributed by atoms with Gasteiger partial charge in [-0.25, -0.2) is 23.5 Å². The number of aromatic nitrogens is 3. The molecule has 4 aromatic rings. The van der Waals surface area contributed by atoms with Crippen LogP contribution in [0.15, 0.2) is 71.2 Å². The molecule has 1 aliphatic rings. The molecule has 0 fully saturated rings. The molecule has 5 nitrogen and oxygen atoms in total. The number of thiazole rings is 1. The van der Waals surface area contributed by atoms with Gasteiger partial charge < -0.3 is 5.11 Å². The first-order chi connectivity index (χ1) is 14.7. The molecular weight excluding hydrogens is 435 g/mol. The van der Waals surface area contributed by atoms with Crippen molar-refractivity contribution in [1.82, 2.24) is 9.55 Å². The molecule has 0 saturated heterocycles. The molecule has 0 atom stereocenters. The fourth-order valence-electron chi connectivity index (χ4n) is 3.84. The molecule has 2 aromatic heterocycles. The van der Waals surface area contributed by atoms with Crippen LogP contribution in [-0.4, -0.2) is 15.4 Å². The molecule has 0 unspecified atom stereocenters. The smallest absolute Gasteiger partial charge is 0.257 e. The van der Waals surface area contributed by atoms with E-state index in [4.69, 9.17) is 0 Å². The van der Waals surface area contributed by atoms with Gasteiger partial charge >= 0.3 is 0 Å². The maximum absolute atomic E-state index is 13.3. The van der Waals surface area contributed by atoms with E-state index < -0.39 is 0 Å². The number of benzene rings is 2. The van der Waals surface area contributed by atoms with Gasteiger partial charge in [0.25, 0.3) is 5.82 Å². The third kappa shape index (κ3) is 4.38. The lowest BCUT2D eigenvalue weighted by Crippen LogP contribution is -2.43. The summed E-state index contributed by atoms with van der Waals surface area (Å²) in [6.45, 7) is 1.06. The highest BCUT2D eigenvalue weighted by Gasteiger charge is 2.28. The monoisotopic (exact) mass is 454 g/mol. The lowest BCUT2D eigenvalue weighted by Gasteiger charge is -2.07. The van der Waals surface area contributed by atoms with E-state index in [1.165, 1.54) is 23.5 Å². The first kappa shape index (κ1) is 21.2. The fraction of sp³-hybridized carbons (Fsp3) is 0.174. The van der Waals surface area contributed by atoms with Crippen LogP contribution >= 0.6 is 23.7 Å². The molecular formula is C23H20ClFN4OS. The zero-order valence-electron chi connectivity index (χ0n) is 16.6. The van der Waals surface area contributed by atoms with E-state index in [0.29, 0.717) is 5.13 Å². The highest BCUT2D eigenvalue weighted by Crippen LogP contribution is 2.27. The first-order valence-corrected chi connectivity index (χ1v) is 10.7.